The maximum Gasteiger partial charge on any atom is 0.337 e. The number of hydrogen-bond donors (Lipinski definition) is 1. The average Bonchev–Trinajstić information content (AvgIpc) is 3.06. The van der Waals surface area contributed by atoms with Gasteiger partial charge in [-0.25, -0.2) is 4.79 Å². The predicted octanol–water partition coefficient (Wildman–Crippen LogP) is 3.73. The van der Waals surface area contributed by atoms with E-state index in [1.54, 1.807) is 14.0 Å². The van der Waals surface area contributed by atoms with Gasteiger partial charge in [0, 0.05) is 29.8 Å². The van der Waals surface area contributed by atoms with Gasteiger partial charge in [0.1, 0.15) is 5.75 Å². The Bertz CT molecular complexity index is 956. The highest BCUT2D eigenvalue weighted by molar-refractivity contribution is 5.97. The molecule has 1 aliphatic heterocycles. The Hall–Kier alpha value is -3.09. The normalized spacial score (nSPS) is 17.0. The fourth-order valence-corrected chi connectivity index (χ4v) is 3.40. The molecule has 1 aromatic heterocycles. The van der Waals surface area contributed by atoms with Crippen LogP contribution in [0.25, 0.3) is 5.57 Å². The molecule has 1 N–H and O–H groups in total. The standard InChI is InChI=1S/C21H25N3O4/c1-11(2)27-21(25)18-13(4)22-12(3)17(20-23-14(5)28-24-20)19(18)15-8-7-9-16(10-15)26-6/h7-11,19,22H,1-6H3. The summed E-state index contributed by atoms with van der Waals surface area (Å²) in [4.78, 5) is 17.4. The lowest BCUT2D eigenvalue weighted by Gasteiger charge is -2.30. The van der Waals surface area contributed by atoms with Gasteiger partial charge in [-0.3, -0.25) is 0 Å². The second-order valence-corrected chi connectivity index (χ2v) is 7.00. The zero-order valence-electron chi connectivity index (χ0n) is 17.0. The number of ether oxygens (including phenoxy) is 2. The molecule has 0 bridgehead atoms. The van der Waals surface area contributed by atoms with Crippen LogP contribution in [0.4, 0.5) is 0 Å². The van der Waals surface area contributed by atoms with Crippen LogP contribution in [0.3, 0.4) is 0 Å². The molecule has 2 heterocycles. The van der Waals surface area contributed by atoms with Crippen molar-refractivity contribution in [3.63, 3.8) is 0 Å². The molecule has 0 fully saturated rings. The highest BCUT2D eigenvalue weighted by Gasteiger charge is 2.37. The van der Waals surface area contributed by atoms with Crippen molar-refractivity contribution in [1.82, 2.24) is 15.5 Å². The summed E-state index contributed by atoms with van der Waals surface area (Å²) >= 11 is 0. The van der Waals surface area contributed by atoms with Gasteiger partial charge in [0.15, 0.2) is 0 Å². The predicted molar refractivity (Wildman–Crippen MR) is 104 cm³/mol. The quantitative estimate of drug-likeness (QED) is 0.787. The van der Waals surface area contributed by atoms with E-state index >= 15 is 0 Å². The number of carbonyl (C=O) groups excluding carboxylic acids is 1. The van der Waals surface area contributed by atoms with Crippen molar-refractivity contribution >= 4 is 11.5 Å². The summed E-state index contributed by atoms with van der Waals surface area (Å²) in [6.07, 6.45) is -0.235. The molecule has 7 nitrogen and oxygen atoms in total. The molecule has 0 amide bonds. The third kappa shape index (κ3) is 3.78. The second-order valence-electron chi connectivity index (χ2n) is 7.00. The topological polar surface area (TPSA) is 86.5 Å². The molecule has 1 aromatic carbocycles. The SMILES string of the molecule is COc1cccc(C2C(C(=O)OC(C)C)=C(C)NC(C)=C2c2noc(C)n2)c1. The van der Waals surface area contributed by atoms with Gasteiger partial charge in [0.2, 0.25) is 11.7 Å². The number of rotatable bonds is 5. The monoisotopic (exact) mass is 383 g/mol. The highest BCUT2D eigenvalue weighted by Crippen LogP contribution is 2.43. The summed E-state index contributed by atoms with van der Waals surface area (Å²) in [5.74, 6) is 0.805. The number of esters is 1. The number of methoxy groups -OCH3 is 1. The van der Waals surface area contributed by atoms with Crippen molar-refractivity contribution in [2.24, 2.45) is 0 Å². The summed E-state index contributed by atoms with van der Waals surface area (Å²) in [6.45, 7) is 9.19. The van der Waals surface area contributed by atoms with Crippen molar-refractivity contribution in [1.29, 1.82) is 0 Å². The molecule has 0 aliphatic carbocycles. The summed E-state index contributed by atoms with van der Waals surface area (Å²) in [6, 6.07) is 7.62. The Kier molecular flexibility index (Phi) is 5.53. The van der Waals surface area contributed by atoms with Gasteiger partial charge in [-0.2, -0.15) is 4.98 Å². The second kappa shape index (κ2) is 7.88. The molecular weight excluding hydrogens is 358 g/mol. The Balaban J connectivity index is 2.20. The molecule has 0 saturated carbocycles. The molecule has 1 unspecified atom stereocenters. The fourth-order valence-electron chi connectivity index (χ4n) is 3.40. The summed E-state index contributed by atoms with van der Waals surface area (Å²) in [5.41, 5.74) is 3.76. The minimum absolute atomic E-state index is 0.235. The summed E-state index contributed by atoms with van der Waals surface area (Å²) in [5, 5.41) is 7.37. The van der Waals surface area contributed by atoms with Crippen LogP contribution in [0.5, 0.6) is 5.75 Å². The van der Waals surface area contributed by atoms with Crippen LogP contribution >= 0.6 is 0 Å². The van der Waals surface area contributed by atoms with E-state index in [-0.39, 0.29) is 12.1 Å². The minimum Gasteiger partial charge on any atom is -0.497 e. The van der Waals surface area contributed by atoms with Gasteiger partial charge in [-0.05, 0) is 45.4 Å². The van der Waals surface area contributed by atoms with Crippen LogP contribution in [0.2, 0.25) is 0 Å². The Morgan fingerprint density at radius 2 is 1.96 bits per heavy atom. The molecular formula is C21H25N3O4. The van der Waals surface area contributed by atoms with E-state index in [1.807, 2.05) is 52.0 Å². The smallest absolute Gasteiger partial charge is 0.337 e. The Morgan fingerprint density at radius 3 is 2.57 bits per heavy atom. The number of dihydropyridines is 1. The molecule has 1 atom stereocenters. The first kappa shape index (κ1) is 19.7. The molecule has 7 heteroatoms. The molecule has 0 saturated heterocycles. The van der Waals surface area contributed by atoms with E-state index in [4.69, 9.17) is 14.0 Å². The van der Waals surface area contributed by atoms with Crippen molar-refractivity contribution in [2.75, 3.05) is 7.11 Å². The third-order valence-electron chi connectivity index (χ3n) is 4.52. The van der Waals surface area contributed by atoms with E-state index in [0.717, 1.165) is 22.5 Å². The molecule has 2 aromatic rings. The fraction of sp³-hybridized carbons (Fsp3) is 0.381. The van der Waals surface area contributed by atoms with Crippen LogP contribution in [-0.4, -0.2) is 29.3 Å². The van der Waals surface area contributed by atoms with Crippen LogP contribution in [-0.2, 0) is 9.53 Å². The van der Waals surface area contributed by atoms with Crippen LogP contribution in [0.1, 0.15) is 50.9 Å². The highest BCUT2D eigenvalue weighted by atomic mass is 16.5. The number of nitrogens with zero attached hydrogens (tertiary/aromatic N) is 2. The lowest BCUT2D eigenvalue weighted by atomic mass is 9.80. The molecule has 28 heavy (non-hydrogen) atoms. The first-order chi connectivity index (χ1) is 13.3. The molecule has 0 spiro atoms. The molecule has 0 radical (unpaired) electrons. The lowest BCUT2D eigenvalue weighted by molar-refractivity contribution is -0.142. The van der Waals surface area contributed by atoms with E-state index < -0.39 is 5.92 Å². The van der Waals surface area contributed by atoms with Gasteiger partial charge in [0.05, 0.1) is 18.8 Å². The van der Waals surface area contributed by atoms with Gasteiger partial charge in [0.25, 0.3) is 0 Å². The third-order valence-corrected chi connectivity index (χ3v) is 4.52. The van der Waals surface area contributed by atoms with Crippen LogP contribution in [0, 0.1) is 6.92 Å². The zero-order valence-corrected chi connectivity index (χ0v) is 17.0. The van der Waals surface area contributed by atoms with E-state index in [2.05, 4.69) is 15.5 Å². The van der Waals surface area contributed by atoms with Gasteiger partial charge in [-0.1, -0.05) is 17.3 Å². The minimum atomic E-state index is -0.417. The molecule has 3 rings (SSSR count). The number of carbonyl (C=O) groups is 1. The van der Waals surface area contributed by atoms with Gasteiger partial charge < -0.3 is 19.3 Å². The summed E-state index contributed by atoms with van der Waals surface area (Å²) < 4.78 is 16.1. The van der Waals surface area contributed by atoms with E-state index in [1.165, 1.54) is 0 Å². The van der Waals surface area contributed by atoms with Crippen LogP contribution in [0.15, 0.2) is 45.8 Å². The first-order valence-electron chi connectivity index (χ1n) is 9.16. The Labute approximate surface area is 164 Å². The first-order valence-corrected chi connectivity index (χ1v) is 9.16. The van der Waals surface area contributed by atoms with Crippen LogP contribution < -0.4 is 10.1 Å². The molecule has 1 aliphatic rings. The summed E-state index contributed by atoms with van der Waals surface area (Å²) in [7, 11) is 1.61. The number of nitrogens with one attached hydrogen (secondary N) is 1. The van der Waals surface area contributed by atoms with Crippen molar-refractivity contribution in [2.45, 2.75) is 46.6 Å². The number of hydrogen-bond acceptors (Lipinski definition) is 7. The maximum atomic E-state index is 13.0. The zero-order chi connectivity index (χ0) is 20.4. The number of aryl methyl sites for hydroxylation is 1. The number of allylic oxidation sites excluding steroid dienone is 3. The van der Waals surface area contributed by atoms with Gasteiger partial charge in [-0.15, -0.1) is 0 Å². The van der Waals surface area contributed by atoms with Crippen molar-refractivity contribution < 1.29 is 18.8 Å². The van der Waals surface area contributed by atoms with Gasteiger partial charge >= 0.3 is 5.97 Å². The lowest BCUT2D eigenvalue weighted by Crippen LogP contribution is -2.29. The number of benzene rings is 1. The van der Waals surface area contributed by atoms with E-state index in [9.17, 15) is 4.79 Å². The average molecular weight is 383 g/mol. The largest absolute Gasteiger partial charge is 0.497 e. The van der Waals surface area contributed by atoms with Crippen molar-refractivity contribution in [3.8, 4) is 5.75 Å². The van der Waals surface area contributed by atoms with E-state index in [0.29, 0.717) is 23.0 Å². The molecule has 148 valence electrons. The maximum absolute atomic E-state index is 13.0. The Morgan fingerprint density at radius 1 is 1.21 bits per heavy atom. The van der Waals surface area contributed by atoms with Crippen molar-refractivity contribution in [3.05, 3.63) is 58.5 Å². The number of aromatic nitrogens is 2.